The Kier molecular flexibility index (Phi) is 4.21. The Hall–Kier alpha value is -2.85. The number of nitriles is 2. The van der Waals surface area contributed by atoms with E-state index >= 15 is 0 Å². The summed E-state index contributed by atoms with van der Waals surface area (Å²) in [7, 11) is 1.94. The summed E-state index contributed by atoms with van der Waals surface area (Å²) in [5.74, 6) is 0. The van der Waals surface area contributed by atoms with Crippen molar-refractivity contribution >= 4 is 5.69 Å². The van der Waals surface area contributed by atoms with Gasteiger partial charge in [0.2, 0.25) is 0 Å². The number of nitrogens with zero attached hydrogens (tertiary/aromatic N) is 4. The highest BCUT2D eigenvalue weighted by Gasteiger charge is 2.12. The molecule has 0 saturated heterocycles. The normalized spacial score (nSPS) is 9.76. The molecule has 0 aliphatic carbocycles. The monoisotopic (exact) mass is 276 g/mol. The zero-order valence-electron chi connectivity index (χ0n) is 12.4. The summed E-state index contributed by atoms with van der Waals surface area (Å²) in [6.45, 7) is 4.40. The minimum atomic E-state index is 0.597. The summed E-state index contributed by atoms with van der Waals surface area (Å²) in [6.07, 6.45) is 0. The number of benzene rings is 1. The highest BCUT2D eigenvalue weighted by atomic mass is 15.1. The first-order chi connectivity index (χ1) is 10.0. The Morgan fingerprint density at radius 2 is 1.90 bits per heavy atom. The van der Waals surface area contributed by atoms with Crippen LogP contribution in [-0.2, 0) is 6.54 Å². The van der Waals surface area contributed by atoms with Gasteiger partial charge in [-0.3, -0.25) is 4.98 Å². The quantitative estimate of drug-likeness (QED) is 0.864. The predicted octanol–water partition coefficient (Wildman–Crippen LogP) is 3.08. The summed E-state index contributed by atoms with van der Waals surface area (Å²) in [5.41, 5.74) is 4.77. The fraction of sp³-hybridized carbons (Fsp3) is 0.235. The van der Waals surface area contributed by atoms with Gasteiger partial charge in [0.05, 0.1) is 28.6 Å². The zero-order valence-corrected chi connectivity index (χ0v) is 12.4. The average Bonchev–Trinajstić information content (AvgIpc) is 2.46. The van der Waals surface area contributed by atoms with Crippen molar-refractivity contribution in [1.82, 2.24) is 4.98 Å². The molecule has 0 aliphatic heterocycles. The first kappa shape index (κ1) is 14.6. The molecule has 0 atom stereocenters. The lowest BCUT2D eigenvalue weighted by atomic mass is 10.1. The molecular weight excluding hydrogens is 260 g/mol. The lowest BCUT2D eigenvalue weighted by Crippen LogP contribution is -2.18. The molecule has 1 heterocycles. The first-order valence-corrected chi connectivity index (χ1v) is 6.63. The van der Waals surface area contributed by atoms with Crippen molar-refractivity contribution in [1.29, 1.82) is 10.5 Å². The molecule has 104 valence electrons. The van der Waals surface area contributed by atoms with Crippen LogP contribution in [0.3, 0.4) is 0 Å². The van der Waals surface area contributed by atoms with Gasteiger partial charge in [-0.15, -0.1) is 0 Å². The maximum atomic E-state index is 9.33. The maximum absolute atomic E-state index is 9.33. The topological polar surface area (TPSA) is 63.7 Å². The van der Waals surface area contributed by atoms with Crippen LogP contribution >= 0.6 is 0 Å². The molecule has 0 N–H and O–H groups in total. The molecule has 4 nitrogen and oxygen atoms in total. The van der Waals surface area contributed by atoms with Gasteiger partial charge in [-0.2, -0.15) is 10.5 Å². The molecule has 4 heteroatoms. The molecule has 2 rings (SSSR count). The molecule has 1 aromatic heterocycles. The van der Waals surface area contributed by atoms with E-state index in [-0.39, 0.29) is 0 Å². The Bertz CT molecular complexity index is 750. The van der Waals surface area contributed by atoms with Gasteiger partial charge in [0.15, 0.2) is 0 Å². The standard InChI is InChI=1S/C17H16N4/c1-12-7-17(16(10-19)13(2)20-12)21(3)11-15-6-4-5-14(8-15)9-18/h4-8H,11H2,1-3H3. The number of aromatic nitrogens is 1. The van der Waals surface area contributed by atoms with Crippen molar-refractivity contribution in [3.05, 3.63) is 58.4 Å². The van der Waals surface area contributed by atoms with E-state index in [1.54, 1.807) is 6.07 Å². The maximum Gasteiger partial charge on any atom is 0.103 e. The molecule has 0 amide bonds. The van der Waals surface area contributed by atoms with Crippen molar-refractivity contribution in [2.45, 2.75) is 20.4 Å². The molecule has 0 aliphatic rings. The molecule has 0 radical (unpaired) electrons. The first-order valence-electron chi connectivity index (χ1n) is 6.63. The molecule has 0 unspecified atom stereocenters. The minimum absolute atomic E-state index is 0.597. The van der Waals surface area contributed by atoms with E-state index in [9.17, 15) is 5.26 Å². The number of anilines is 1. The van der Waals surface area contributed by atoms with Gasteiger partial charge in [0, 0.05) is 19.3 Å². The van der Waals surface area contributed by atoms with Crippen LogP contribution in [0.4, 0.5) is 5.69 Å². The SMILES string of the molecule is Cc1cc(N(C)Cc2cccc(C#N)c2)c(C#N)c(C)n1. The lowest BCUT2D eigenvalue weighted by Gasteiger charge is -2.22. The molecule has 0 bridgehead atoms. The minimum Gasteiger partial charge on any atom is -0.369 e. The van der Waals surface area contributed by atoms with Gasteiger partial charge in [0.1, 0.15) is 6.07 Å². The van der Waals surface area contributed by atoms with Gasteiger partial charge >= 0.3 is 0 Å². The van der Waals surface area contributed by atoms with E-state index in [2.05, 4.69) is 17.1 Å². The fourth-order valence-electron chi connectivity index (χ4n) is 2.35. The van der Waals surface area contributed by atoms with Gasteiger partial charge in [-0.25, -0.2) is 0 Å². The van der Waals surface area contributed by atoms with Crippen LogP contribution in [0.15, 0.2) is 30.3 Å². The van der Waals surface area contributed by atoms with Crippen molar-refractivity contribution < 1.29 is 0 Å². The van der Waals surface area contributed by atoms with Crippen molar-refractivity contribution in [2.24, 2.45) is 0 Å². The number of aryl methyl sites for hydroxylation is 2. The number of rotatable bonds is 3. The second-order valence-electron chi connectivity index (χ2n) is 5.02. The third-order valence-corrected chi connectivity index (χ3v) is 3.31. The molecule has 0 spiro atoms. The summed E-state index contributed by atoms with van der Waals surface area (Å²) in [4.78, 5) is 6.34. The van der Waals surface area contributed by atoms with Crippen LogP contribution in [0.2, 0.25) is 0 Å². The van der Waals surface area contributed by atoms with E-state index in [0.29, 0.717) is 17.7 Å². The zero-order chi connectivity index (χ0) is 15.4. The molecule has 21 heavy (non-hydrogen) atoms. The Morgan fingerprint density at radius 3 is 2.57 bits per heavy atom. The van der Waals surface area contributed by atoms with Crippen molar-refractivity contribution in [2.75, 3.05) is 11.9 Å². The predicted molar refractivity (Wildman–Crippen MR) is 81.7 cm³/mol. The second-order valence-corrected chi connectivity index (χ2v) is 5.02. The van der Waals surface area contributed by atoms with Gasteiger partial charge in [-0.05, 0) is 37.6 Å². The Balaban J connectivity index is 2.35. The van der Waals surface area contributed by atoms with Gasteiger partial charge < -0.3 is 4.90 Å². The highest BCUT2D eigenvalue weighted by molar-refractivity contribution is 5.61. The summed E-state index contributed by atoms with van der Waals surface area (Å²) in [5, 5.41) is 18.3. The Labute approximate surface area is 124 Å². The largest absolute Gasteiger partial charge is 0.369 e. The van der Waals surface area contributed by atoms with Crippen LogP contribution in [0.5, 0.6) is 0 Å². The average molecular weight is 276 g/mol. The molecule has 0 saturated carbocycles. The molecular formula is C17H16N4. The third-order valence-electron chi connectivity index (χ3n) is 3.31. The molecule has 1 aromatic carbocycles. The van der Waals surface area contributed by atoms with E-state index < -0.39 is 0 Å². The van der Waals surface area contributed by atoms with Crippen LogP contribution < -0.4 is 4.90 Å². The van der Waals surface area contributed by atoms with E-state index in [0.717, 1.165) is 22.6 Å². The second kappa shape index (κ2) is 6.07. The smallest absolute Gasteiger partial charge is 0.103 e. The van der Waals surface area contributed by atoms with E-state index in [4.69, 9.17) is 5.26 Å². The fourth-order valence-corrected chi connectivity index (χ4v) is 2.35. The Morgan fingerprint density at radius 1 is 1.14 bits per heavy atom. The van der Waals surface area contributed by atoms with Crippen molar-refractivity contribution in [3.8, 4) is 12.1 Å². The number of hydrogen-bond acceptors (Lipinski definition) is 4. The third kappa shape index (κ3) is 3.19. The summed E-state index contributed by atoms with van der Waals surface area (Å²) < 4.78 is 0. The van der Waals surface area contributed by atoms with E-state index in [1.165, 1.54) is 0 Å². The van der Waals surface area contributed by atoms with Crippen LogP contribution in [0.25, 0.3) is 0 Å². The van der Waals surface area contributed by atoms with E-state index in [1.807, 2.05) is 50.1 Å². The van der Waals surface area contributed by atoms with Crippen molar-refractivity contribution in [3.63, 3.8) is 0 Å². The van der Waals surface area contributed by atoms with Crippen LogP contribution in [0.1, 0.15) is 28.1 Å². The van der Waals surface area contributed by atoms with Gasteiger partial charge in [-0.1, -0.05) is 12.1 Å². The van der Waals surface area contributed by atoms with Crippen LogP contribution in [0, 0.1) is 36.5 Å². The highest BCUT2D eigenvalue weighted by Crippen LogP contribution is 2.23. The lowest BCUT2D eigenvalue weighted by molar-refractivity contribution is 0.910. The van der Waals surface area contributed by atoms with Crippen LogP contribution in [-0.4, -0.2) is 12.0 Å². The summed E-state index contributed by atoms with van der Waals surface area (Å²) >= 11 is 0. The number of pyridine rings is 1. The summed E-state index contributed by atoms with van der Waals surface area (Å²) in [6, 6.07) is 13.8. The molecule has 0 fully saturated rings. The number of hydrogen-bond donors (Lipinski definition) is 0. The molecule has 2 aromatic rings. The van der Waals surface area contributed by atoms with Gasteiger partial charge in [0.25, 0.3) is 0 Å².